The second-order valence-corrected chi connectivity index (χ2v) is 7.82. The monoisotopic (exact) mass is 438 g/mol. The molecule has 0 bridgehead atoms. The number of carbonyl (C=O) groups is 2. The molecule has 0 unspecified atom stereocenters. The SMILES string of the molecule is O=C(Nc1ccc(Oc2ccccc2)cc1)c1cc(NC(=O)C2CC2)n(-c2ccccc2)n1. The maximum atomic E-state index is 12.9. The first kappa shape index (κ1) is 20.5. The molecule has 1 fully saturated rings. The summed E-state index contributed by atoms with van der Waals surface area (Å²) >= 11 is 0. The van der Waals surface area contributed by atoms with Crippen LogP contribution in [0.15, 0.2) is 91.0 Å². The molecule has 1 aliphatic rings. The molecule has 0 radical (unpaired) electrons. The van der Waals surface area contributed by atoms with Gasteiger partial charge in [0.25, 0.3) is 5.91 Å². The van der Waals surface area contributed by atoms with E-state index in [1.807, 2.05) is 60.7 Å². The molecule has 3 aromatic carbocycles. The number of nitrogens with one attached hydrogen (secondary N) is 2. The van der Waals surface area contributed by atoms with Crippen LogP contribution in [0.3, 0.4) is 0 Å². The van der Waals surface area contributed by atoms with E-state index >= 15 is 0 Å². The lowest BCUT2D eigenvalue weighted by Gasteiger charge is -2.08. The molecule has 0 saturated heterocycles. The van der Waals surface area contributed by atoms with Gasteiger partial charge >= 0.3 is 0 Å². The zero-order valence-electron chi connectivity index (χ0n) is 17.8. The summed E-state index contributed by atoms with van der Waals surface area (Å²) in [6.45, 7) is 0. The lowest BCUT2D eigenvalue weighted by Crippen LogP contribution is -2.16. The zero-order chi connectivity index (χ0) is 22.6. The third-order valence-corrected chi connectivity index (χ3v) is 5.23. The third-order valence-electron chi connectivity index (χ3n) is 5.23. The van der Waals surface area contributed by atoms with Gasteiger partial charge in [0, 0.05) is 17.7 Å². The predicted molar refractivity (Wildman–Crippen MR) is 126 cm³/mol. The van der Waals surface area contributed by atoms with Crippen molar-refractivity contribution in [3.63, 3.8) is 0 Å². The van der Waals surface area contributed by atoms with Crippen molar-refractivity contribution in [3.8, 4) is 17.2 Å². The molecule has 33 heavy (non-hydrogen) atoms. The van der Waals surface area contributed by atoms with Gasteiger partial charge in [-0.25, -0.2) is 4.68 Å². The molecule has 0 atom stereocenters. The van der Waals surface area contributed by atoms with Crippen LogP contribution in [0, 0.1) is 5.92 Å². The van der Waals surface area contributed by atoms with Crippen LogP contribution in [0.1, 0.15) is 23.3 Å². The van der Waals surface area contributed by atoms with Crippen LogP contribution in [0.5, 0.6) is 11.5 Å². The van der Waals surface area contributed by atoms with Gasteiger partial charge in [-0.1, -0.05) is 36.4 Å². The average Bonchev–Trinajstić information content (AvgIpc) is 3.62. The van der Waals surface area contributed by atoms with Gasteiger partial charge in [-0.05, 0) is 61.4 Å². The summed E-state index contributed by atoms with van der Waals surface area (Å²) in [6.07, 6.45) is 1.78. The Hall–Kier alpha value is -4.39. The summed E-state index contributed by atoms with van der Waals surface area (Å²) in [5.74, 6) is 1.49. The highest BCUT2D eigenvalue weighted by molar-refractivity contribution is 6.04. The second kappa shape index (κ2) is 9.00. The van der Waals surface area contributed by atoms with Crippen LogP contribution in [0.2, 0.25) is 0 Å². The molecule has 164 valence electrons. The van der Waals surface area contributed by atoms with Crippen LogP contribution >= 0.6 is 0 Å². The molecule has 7 heteroatoms. The van der Waals surface area contributed by atoms with Crippen LogP contribution in [0.25, 0.3) is 5.69 Å². The molecule has 1 saturated carbocycles. The quantitative estimate of drug-likeness (QED) is 0.412. The maximum absolute atomic E-state index is 12.9. The first-order chi connectivity index (χ1) is 16.2. The van der Waals surface area contributed by atoms with Crippen molar-refractivity contribution < 1.29 is 14.3 Å². The Morgan fingerprint density at radius 2 is 1.45 bits per heavy atom. The number of hydrogen-bond donors (Lipinski definition) is 2. The topological polar surface area (TPSA) is 85.3 Å². The summed E-state index contributed by atoms with van der Waals surface area (Å²) in [7, 11) is 0. The highest BCUT2D eigenvalue weighted by Crippen LogP contribution is 2.31. The van der Waals surface area contributed by atoms with E-state index in [9.17, 15) is 9.59 Å². The lowest BCUT2D eigenvalue weighted by atomic mass is 10.3. The lowest BCUT2D eigenvalue weighted by molar-refractivity contribution is -0.117. The van der Waals surface area contributed by atoms with Crippen molar-refractivity contribution in [3.05, 3.63) is 96.7 Å². The highest BCUT2D eigenvalue weighted by atomic mass is 16.5. The van der Waals surface area contributed by atoms with E-state index in [2.05, 4.69) is 15.7 Å². The van der Waals surface area contributed by atoms with Crippen LogP contribution in [-0.4, -0.2) is 21.6 Å². The van der Waals surface area contributed by atoms with Crippen molar-refractivity contribution in [2.24, 2.45) is 5.92 Å². The van der Waals surface area contributed by atoms with Gasteiger partial charge in [-0.15, -0.1) is 0 Å². The van der Waals surface area contributed by atoms with E-state index in [0.29, 0.717) is 17.3 Å². The van der Waals surface area contributed by atoms with Crippen LogP contribution < -0.4 is 15.4 Å². The zero-order valence-corrected chi connectivity index (χ0v) is 17.8. The largest absolute Gasteiger partial charge is 0.457 e. The van der Waals surface area contributed by atoms with Gasteiger partial charge in [0.1, 0.15) is 17.3 Å². The minimum atomic E-state index is -0.372. The van der Waals surface area contributed by atoms with Crippen molar-refractivity contribution in [1.29, 1.82) is 0 Å². The molecule has 7 nitrogen and oxygen atoms in total. The van der Waals surface area contributed by atoms with Crippen LogP contribution in [0.4, 0.5) is 11.5 Å². The van der Waals surface area contributed by atoms with E-state index in [1.54, 1.807) is 35.0 Å². The van der Waals surface area contributed by atoms with Gasteiger partial charge in [-0.2, -0.15) is 5.10 Å². The first-order valence-electron chi connectivity index (χ1n) is 10.8. The summed E-state index contributed by atoms with van der Waals surface area (Å²) < 4.78 is 7.36. The number of anilines is 2. The molecule has 5 rings (SSSR count). The molecule has 1 aromatic heterocycles. The van der Waals surface area contributed by atoms with E-state index < -0.39 is 0 Å². The Balaban J connectivity index is 1.32. The smallest absolute Gasteiger partial charge is 0.276 e. The van der Waals surface area contributed by atoms with Gasteiger partial charge in [0.05, 0.1) is 5.69 Å². The number of para-hydroxylation sites is 2. The minimum Gasteiger partial charge on any atom is -0.457 e. The fraction of sp³-hybridized carbons (Fsp3) is 0.115. The van der Waals surface area contributed by atoms with E-state index in [1.165, 1.54) is 0 Å². The summed E-state index contributed by atoms with van der Waals surface area (Å²) in [6, 6.07) is 27.6. The van der Waals surface area contributed by atoms with Crippen molar-refractivity contribution >= 4 is 23.3 Å². The Bertz CT molecular complexity index is 1260. The fourth-order valence-electron chi connectivity index (χ4n) is 3.35. The fourth-order valence-corrected chi connectivity index (χ4v) is 3.35. The normalized spacial score (nSPS) is 12.7. The molecule has 2 amide bonds. The standard InChI is InChI=1S/C26H22N4O3/c31-25(18-11-12-18)28-24-17-23(29-30(24)20-7-3-1-4-8-20)26(32)27-19-13-15-22(16-14-19)33-21-9-5-2-6-10-21/h1-10,13-18H,11-12H2,(H,27,32)(H,28,31). The van der Waals surface area contributed by atoms with Gasteiger partial charge in [-0.3, -0.25) is 9.59 Å². The van der Waals surface area contributed by atoms with E-state index in [0.717, 1.165) is 24.3 Å². The van der Waals surface area contributed by atoms with Crippen molar-refractivity contribution in [1.82, 2.24) is 9.78 Å². The molecule has 0 aliphatic heterocycles. The van der Waals surface area contributed by atoms with Crippen LogP contribution in [-0.2, 0) is 4.79 Å². The molecule has 2 N–H and O–H groups in total. The van der Waals surface area contributed by atoms with Gasteiger partial charge < -0.3 is 15.4 Å². The van der Waals surface area contributed by atoms with Gasteiger partial charge in [0.2, 0.25) is 5.91 Å². The summed E-state index contributed by atoms with van der Waals surface area (Å²) in [4.78, 5) is 25.2. The number of amides is 2. The van der Waals surface area contributed by atoms with Gasteiger partial charge in [0.15, 0.2) is 5.69 Å². The number of aromatic nitrogens is 2. The number of rotatable bonds is 7. The molecule has 1 aliphatic carbocycles. The molecule has 4 aromatic rings. The Kier molecular flexibility index (Phi) is 5.59. The predicted octanol–water partition coefficient (Wildman–Crippen LogP) is 5.27. The van der Waals surface area contributed by atoms with Crippen molar-refractivity contribution in [2.75, 3.05) is 10.6 Å². The van der Waals surface area contributed by atoms with Crippen molar-refractivity contribution in [2.45, 2.75) is 12.8 Å². The molecule has 0 spiro atoms. The number of nitrogens with zero attached hydrogens (tertiary/aromatic N) is 2. The van der Waals surface area contributed by atoms with E-state index in [4.69, 9.17) is 4.74 Å². The number of carbonyl (C=O) groups excluding carboxylic acids is 2. The molecular weight excluding hydrogens is 416 g/mol. The average molecular weight is 438 g/mol. The Morgan fingerprint density at radius 1 is 0.818 bits per heavy atom. The Morgan fingerprint density at radius 3 is 2.12 bits per heavy atom. The highest BCUT2D eigenvalue weighted by Gasteiger charge is 2.30. The van der Waals surface area contributed by atoms with E-state index in [-0.39, 0.29) is 23.4 Å². The second-order valence-electron chi connectivity index (χ2n) is 7.82. The third kappa shape index (κ3) is 4.93. The Labute approximate surface area is 191 Å². The summed E-state index contributed by atoms with van der Waals surface area (Å²) in [5.41, 5.74) is 1.57. The number of hydrogen-bond acceptors (Lipinski definition) is 4. The number of benzene rings is 3. The molecular formula is C26H22N4O3. The minimum absolute atomic E-state index is 0.0398. The molecule has 1 heterocycles. The first-order valence-corrected chi connectivity index (χ1v) is 10.8. The maximum Gasteiger partial charge on any atom is 0.276 e. The number of ether oxygens (including phenoxy) is 1. The summed E-state index contributed by atoms with van der Waals surface area (Å²) in [5, 5.41) is 10.2.